The van der Waals surface area contributed by atoms with Crippen molar-refractivity contribution in [2.24, 2.45) is 5.41 Å². The lowest BCUT2D eigenvalue weighted by atomic mass is 9.83. The highest BCUT2D eigenvalue weighted by molar-refractivity contribution is 7.98. The summed E-state index contributed by atoms with van der Waals surface area (Å²) in [7, 11) is 0. The maximum Gasteiger partial charge on any atom is 0.227 e. The second kappa shape index (κ2) is 6.07. The summed E-state index contributed by atoms with van der Waals surface area (Å²) >= 11 is 1.58. The van der Waals surface area contributed by atoms with Gasteiger partial charge in [0.05, 0.1) is 11.0 Å². The Morgan fingerprint density at radius 2 is 2.35 bits per heavy atom. The van der Waals surface area contributed by atoms with E-state index in [1.165, 1.54) is 0 Å². The predicted octanol–water partition coefficient (Wildman–Crippen LogP) is 0.606. The minimum atomic E-state index is -0.823. The Kier molecular flexibility index (Phi) is 5.28. The van der Waals surface area contributed by atoms with E-state index < -0.39 is 5.60 Å². The molecule has 1 fully saturated rings. The fourth-order valence-corrected chi connectivity index (χ4v) is 2.94. The van der Waals surface area contributed by atoms with Gasteiger partial charge in [-0.1, -0.05) is 6.92 Å². The lowest BCUT2D eigenvalue weighted by Crippen LogP contribution is -2.48. The number of hydrogen-bond donors (Lipinski definition) is 3. The fraction of sp³-hybridized carbons (Fsp3) is 0.917. The summed E-state index contributed by atoms with van der Waals surface area (Å²) in [4.78, 5) is 12.2. The molecule has 2 atom stereocenters. The minimum absolute atomic E-state index is 0.0754. The summed E-state index contributed by atoms with van der Waals surface area (Å²) in [5, 5.41) is 16.2. The summed E-state index contributed by atoms with van der Waals surface area (Å²) in [6.07, 6.45) is 3.68. The monoisotopic (exact) mass is 260 g/mol. The van der Waals surface area contributed by atoms with Crippen LogP contribution in [0.4, 0.5) is 0 Å². The van der Waals surface area contributed by atoms with Crippen molar-refractivity contribution in [1.82, 2.24) is 10.6 Å². The van der Waals surface area contributed by atoms with Crippen molar-refractivity contribution in [1.29, 1.82) is 0 Å². The first kappa shape index (κ1) is 14.8. The van der Waals surface area contributed by atoms with Crippen LogP contribution in [0.2, 0.25) is 0 Å². The zero-order chi connectivity index (χ0) is 12.9. The molecule has 1 heterocycles. The molecule has 1 aliphatic rings. The molecule has 1 rings (SSSR count). The number of hydrogen-bond acceptors (Lipinski definition) is 4. The molecule has 0 bridgehead atoms. The molecule has 0 aliphatic carbocycles. The second-order valence-corrected chi connectivity index (χ2v) is 6.04. The summed E-state index contributed by atoms with van der Waals surface area (Å²) in [5.74, 6) is 0.705. The highest BCUT2D eigenvalue weighted by atomic mass is 32.2. The van der Waals surface area contributed by atoms with Crippen LogP contribution in [0.25, 0.3) is 0 Å². The first-order chi connectivity index (χ1) is 7.96. The molecule has 0 radical (unpaired) electrons. The third kappa shape index (κ3) is 3.86. The van der Waals surface area contributed by atoms with Crippen molar-refractivity contribution in [2.75, 3.05) is 31.6 Å². The van der Waals surface area contributed by atoms with Crippen molar-refractivity contribution < 1.29 is 9.90 Å². The average molecular weight is 260 g/mol. The zero-order valence-electron chi connectivity index (χ0n) is 11.0. The van der Waals surface area contributed by atoms with Gasteiger partial charge in [-0.25, -0.2) is 0 Å². The van der Waals surface area contributed by atoms with Crippen LogP contribution < -0.4 is 10.6 Å². The molecule has 1 saturated heterocycles. The first-order valence-corrected chi connectivity index (χ1v) is 7.55. The molecule has 0 saturated carbocycles. The third-order valence-corrected chi connectivity index (χ3v) is 4.40. The van der Waals surface area contributed by atoms with Gasteiger partial charge < -0.3 is 15.7 Å². The summed E-state index contributed by atoms with van der Waals surface area (Å²) in [6.45, 7) is 5.79. The molecule has 17 heavy (non-hydrogen) atoms. The number of aliphatic hydroxyl groups is 1. The summed E-state index contributed by atoms with van der Waals surface area (Å²) in [5.41, 5.74) is -1.09. The minimum Gasteiger partial charge on any atom is -0.387 e. The van der Waals surface area contributed by atoms with Crippen molar-refractivity contribution >= 4 is 17.7 Å². The van der Waals surface area contributed by atoms with Crippen molar-refractivity contribution in [2.45, 2.75) is 32.3 Å². The molecule has 0 aromatic rings. The smallest absolute Gasteiger partial charge is 0.227 e. The molecule has 1 amide bonds. The number of rotatable bonds is 6. The Bertz CT molecular complexity index is 263. The topological polar surface area (TPSA) is 61.4 Å². The lowest BCUT2D eigenvalue weighted by Gasteiger charge is -2.28. The summed E-state index contributed by atoms with van der Waals surface area (Å²) in [6, 6.07) is 0. The van der Waals surface area contributed by atoms with E-state index in [4.69, 9.17) is 0 Å². The maximum atomic E-state index is 12.2. The van der Waals surface area contributed by atoms with E-state index >= 15 is 0 Å². The van der Waals surface area contributed by atoms with E-state index in [0.717, 1.165) is 25.9 Å². The normalized spacial score (nSPS) is 27.8. The molecule has 3 N–H and O–H groups in total. The SMILES string of the molecule is CCC1(C(=O)NCC(C)(O)CSC)CCNC1. The van der Waals surface area contributed by atoms with Gasteiger partial charge >= 0.3 is 0 Å². The second-order valence-electron chi connectivity index (χ2n) is 5.17. The van der Waals surface area contributed by atoms with Crippen LogP contribution in [-0.2, 0) is 4.79 Å². The van der Waals surface area contributed by atoms with Crippen LogP contribution in [0, 0.1) is 5.41 Å². The fourth-order valence-electron chi connectivity index (χ4n) is 2.22. The number of nitrogens with one attached hydrogen (secondary N) is 2. The molecule has 4 nitrogen and oxygen atoms in total. The van der Waals surface area contributed by atoms with Crippen molar-refractivity contribution in [3.63, 3.8) is 0 Å². The molecule has 0 spiro atoms. The van der Waals surface area contributed by atoms with E-state index in [9.17, 15) is 9.90 Å². The van der Waals surface area contributed by atoms with E-state index in [1.54, 1.807) is 18.7 Å². The van der Waals surface area contributed by atoms with E-state index in [2.05, 4.69) is 10.6 Å². The highest BCUT2D eigenvalue weighted by Gasteiger charge is 2.39. The number of amides is 1. The van der Waals surface area contributed by atoms with Crippen LogP contribution in [0.15, 0.2) is 0 Å². The predicted molar refractivity (Wildman–Crippen MR) is 72.2 cm³/mol. The van der Waals surface area contributed by atoms with Crippen LogP contribution in [0.1, 0.15) is 26.7 Å². The van der Waals surface area contributed by atoms with Gasteiger partial charge in [0.15, 0.2) is 0 Å². The standard InChI is InChI=1S/C12H24N2O2S/c1-4-12(5-6-13-8-12)10(15)14-7-11(2,16)9-17-3/h13,16H,4-9H2,1-3H3,(H,14,15). The first-order valence-electron chi connectivity index (χ1n) is 6.16. The van der Waals surface area contributed by atoms with Crippen LogP contribution in [-0.4, -0.2) is 48.3 Å². The molecule has 0 aromatic heterocycles. The molecule has 2 unspecified atom stereocenters. The Balaban J connectivity index is 2.48. The number of carbonyl (C=O) groups excluding carboxylic acids is 1. The van der Waals surface area contributed by atoms with E-state index in [0.29, 0.717) is 12.3 Å². The number of thioether (sulfide) groups is 1. The van der Waals surface area contributed by atoms with Gasteiger partial charge in [-0.3, -0.25) is 4.79 Å². The van der Waals surface area contributed by atoms with Gasteiger partial charge in [-0.2, -0.15) is 11.8 Å². The van der Waals surface area contributed by atoms with Gasteiger partial charge in [0.2, 0.25) is 5.91 Å². The average Bonchev–Trinajstić information content (AvgIpc) is 2.75. The zero-order valence-corrected chi connectivity index (χ0v) is 11.8. The molecule has 100 valence electrons. The van der Waals surface area contributed by atoms with Gasteiger partial charge in [-0.15, -0.1) is 0 Å². The molecule has 5 heteroatoms. The van der Waals surface area contributed by atoms with Crippen LogP contribution in [0.5, 0.6) is 0 Å². The molecule has 1 aliphatic heterocycles. The third-order valence-electron chi connectivity index (χ3n) is 3.49. The van der Waals surface area contributed by atoms with Gasteiger partial charge in [0.1, 0.15) is 0 Å². The quantitative estimate of drug-likeness (QED) is 0.655. The van der Waals surface area contributed by atoms with Gasteiger partial charge in [0.25, 0.3) is 0 Å². The van der Waals surface area contributed by atoms with E-state index in [-0.39, 0.29) is 11.3 Å². The highest BCUT2D eigenvalue weighted by Crippen LogP contribution is 2.29. The van der Waals surface area contributed by atoms with Crippen LogP contribution >= 0.6 is 11.8 Å². The Labute approximate surface area is 108 Å². The van der Waals surface area contributed by atoms with Crippen LogP contribution in [0.3, 0.4) is 0 Å². The Morgan fingerprint density at radius 3 is 2.82 bits per heavy atom. The van der Waals surface area contributed by atoms with E-state index in [1.807, 2.05) is 13.2 Å². The number of carbonyl (C=O) groups is 1. The molecule has 0 aromatic carbocycles. The summed E-state index contributed by atoms with van der Waals surface area (Å²) < 4.78 is 0. The van der Waals surface area contributed by atoms with Gasteiger partial charge in [-0.05, 0) is 32.6 Å². The lowest BCUT2D eigenvalue weighted by molar-refractivity contribution is -0.131. The molecular formula is C12H24N2O2S. The Hall–Kier alpha value is -0.260. The van der Waals surface area contributed by atoms with Crippen molar-refractivity contribution in [3.05, 3.63) is 0 Å². The molecular weight excluding hydrogens is 236 g/mol. The largest absolute Gasteiger partial charge is 0.387 e. The van der Waals surface area contributed by atoms with Gasteiger partial charge in [0, 0.05) is 18.8 Å². The van der Waals surface area contributed by atoms with Crippen molar-refractivity contribution in [3.8, 4) is 0 Å². The maximum absolute atomic E-state index is 12.2. The Morgan fingerprint density at radius 1 is 1.65 bits per heavy atom.